The first-order valence-corrected chi connectivity index (χ1v) is 6.73. The van der Waals surface area contributed by atoms with Crippen molar-refractivity contribution in [1.82, 2.24) is 10.3 Å². The van der Waals surface area contributed by atoms with Gasteiger partial charge in [-0.05, 0) is 56.6 Å². The second kappa shape index (κ2) is 5.83. The van der Waals surface area contributed by atoms with Gasteiger partial charge in [-0.15, -0.1) is 0 Å². The first-order chi connectivity index (χ1) is 7.78. The van der Waals surface area contributed by atoms with E-state index < -0.39 is 0 Å². The number of halogens is 1. The Balaban J connectivity index is 2.83. The molecule has 1 rings (SSSR count). The molecule has 1 heterocycles. The van der Waals surface area contributed by atoms with E-state index in [9.17, 15) is 0 Å². The summed E-state index contributed by atoms with van der Waals surface area (Å²) in [5.74, 6) is 0.958. The van der Waals surface area contributed by atoms with E-state index in [0.29, 0.717) is 6.04 Å². The molecule has 0 unspecified atom stereocenters. The van der Waals surface area contributed by atoms with Gasteiger partial charge in [-0.2, -0.15) is 0 Å². The van der Waals surface area contributed by atoms with Crippen LogP contribution in [0.4, 0.5) is 5.82 Å². The molecule has 2 N–H and O–H groups in total. The van der Waals surface area contributed by atoms with Crippen LogP contribution in [-0.4, -0.2) is 16.6 Å². The van der Waals surface area contributed by atoms with Crippen LogP contribution < -0.4 is 10.6 Å². The van der Waals surface area contributed by atoms with E-state index in [2.05, 4.69) is 72.2 Å². The van der Waals surface area contributed by atoms with E-state index in [1.165, 1.54) is 5.56 Å². The maximum absolute atomic E-state index is 4.42. The molecule has 1 aromatic heterocycles. The van der Waals surface area contributed by atoms with Gasteiger partial charge in [0.15, 0.2) is 0 Å². The first-order valence-electron chi connectivity index (χ1n) is 5.94. The molecule has 0 atom stereocenters. The zero-order chi connectivity index (χ0) is 13.1. The predicted molar refractivity (Wildman–Crippen MR) is 77.3 cm³/mol. The molecule has 0 bridgehead atoms. The minimum absolute atomic E-state index is 0.109. The van der Waals surface area contributed by atoms with E-state index in [4.69, 9.17) is 0 Å². The summed E-state index contributed by atoms with van der Waals surface area (Å²) in [6, 6.07) is 2.49. The third kappa shape index (κ3) is 5.50. The van der Waals surface area contributed by atoms with Crippen LogP contribution in [0.5, 0.6) is 0 Å². The average molecular weight is 300 g/mol. The lowest BCUT2D eigenvalue weighted by atomic mass is 10.1. The SMILES string of the molecule is CC(C)Nc1ncc(Br)cc1CNC(C)(C)C. The van der Waals surface area contributed by atoms with Crippen molar-refractivity contribution in [2.45, 2.75) is 52.7 Å². The summed E-state index contributed by atoms with van der Waals surface area (Å²) in [5, 5.41) is 6.84. The Kier molecular flexibility index (Phi) is 4.95. The van der Waals surface area contributed by atoms with Crippen LogP contribution in [0.15, 0.2) is 16.7 Å². The van der Waals surface area contributed by atoms with Crippen LogP contribution in [-0.2, 0) is 6.54 Å². The van der Waals surface area contributed by atoms with Crippen molar-refractivity contribution in [3.05, 3.63) is 22.3 Å². The van der Waals surface area contributed by atoms with Gasteiger partial charge in [-0.1, -0.05) is 0 Å². The van der Waals surface area contributed by atoms with E-state index in [0.717, 1.165) is 16.8 Å². The first kappa shape index (κ1) is 14.5. The minimum atomic E-state index is 0.109. The summed E-state index contributed by atoms with van der Waals surface area (Å²) >= 11 is 3.46. The molecule has 0 radical (unpaired) electrons. The number of aromatic nitrogens is 1. The molecule has 1 aromatic rings. The molecule has 4 heteroatoms. The smallest absolute Gasteiger partial charge is 0.130 e. The molecule has 0 aliphatic carbocycles. The Morgan fingerprint density at radius 1 is 1.35 bits per heavy atom. The normalized spacial score (nSPS) is 11.9. The summed E-state index contributed by atoms with van der Waals surface area (Å²) in [5.41, 5.74) is 1.29. The standard InChI is InChI=1S/C13H22BrN3/c1-9(2)17-12-10(6-11(14)8-15-12)7-16-13(3,4)5/h6,8-9,16H,7H2,1-5H3,(H,15,17). The van der Waals surface area contributed by atoms with Gasteiger partial charge in [0.25, 0.3) is 0 Å². The molecule has 0 saturated heterocycles. The van der Waals surface area contributed by atoms with Gasteiger partial charge in [0, 0.05) is 34.4 Å². The van der Waals surface area contributed by atoms with Gasteiger partial charge in [-0.25, -0.2) is 4.98 Å². The van der Waals surface area contributed by atoms with E-state index >= 15 is 0 Å². The fraction of sp³-hybridized carbons (Fsp3) is 0.615. The van der Waals surface area contributed by atoms with Crippen LogP contribution in [0.1, 0.15) is 40.2 Å². The van der Waals surface area contributed by atoms with Crippen LogP contribution in [0.3, 0.4) is 0 Å². The van der Waals surface area contributed by atoms with Crippen molar-refractivity contribution in [1.29, 1.82) is 0 Å². The van der Waals surface area contributed by atoms with Crippen molar-refractivity contribution >= 4 is 21.7 Å². The fourth-order valence-corrected chi connectivity index (χ4v) is 1.76. The van der Waals surface area contributed by atoms with Gasteiger partial charge in [-0.3, -0.25) is 0 Å². The topological polar surface area (TPSA) is 37.0 Å². The summed E-state index contributed by atoms with van der Waals surface area (Å²) < 4.78 is 1.01. The summed E-state index contributed by atoms with van der Waals surface area (Å²) in [7, 11) is 0. The molecule has 17 heavy (non-hydrogen) atoms. The van der Waals surface area contributed by atoms with Gasteiger partial charge < -0.3 is 10.6 Å². The summed E-state index contributed by atoms with van der Waals surface area (Å²) in [6.45, 7) is 11.5. The largest absolute Gasteiger partial charge is 0.368 e. The molecule has 0 spiro atoms. The van der Waals surface area contributed by atoms with Gasteiger partial charge in [0.1, 0.15) is 5.82 Å². The third-order valence-corrected chi connectivity index (χ3v) is 2.60. The van der Waals surface area contributed by atoms with Gasteiger partial charge in [0.2, 0.25) is 0 Å². The fourth-order valence-electron chi connectivity index (χ4n) is 1.38. The zero-order valence-corrected chi connectivity index (χ0v) is 12.9. The van der Waals surface area contributed by atoms with E-state index in [-0.39, 0.29) is 5.54 Å². The summed E-state index contributed by atoms with van der Waals surface area (Å²) in [4.78, 5) is 4.42. The maximum atomic E-state index is 4.42. The highest BCUT2D eigenvalue weighted by Gasteiger charge is 2.12. The molecule has 0 aliphatic rings. The van der Waals surface area contributed by atoms with Crippen LogP contribution in [0, 0.1) is 0 Å². The lowest BCUT2D eigenvalue weighted by molar-refractivity contribution is 0.424. The number of rotatable bonds is 4. The van der Waals surface area contributed by atoms with Gasteiger partial charge in [0.05, 0.1) is 0 Å². The number of pyridine rings is 1. The van der Waals surface area contributed by atoms with Crippen molar-refractivity contribution < 1.29 is 0 Å². The minimum Gasteiger partial charge on any atom is -0.368 e. The number of nitrogens with zero attached hydrogens (tertiary/aromatic N) is 1. The van der Waals surface area contributed by atoms with Crippen molar-refractivity contribution in [3.8, 4) is 0 Å². The number of nitrogens with one attached hydrogen (secondary N) is 2. The molecule has 0 fully saturated rings. The monoisotopic (exact) mass is 299 g/mol. The van der Waals surface area contributed by atoms with Gasteiger partial charge >= 0.3 is 0 Å². The number of hydrogen-bond donors (Lipinski definition) is 2. The van der Waals surface area contributed by atoms with Crippen LogP contribution in [0.25, 0.3) is 0 Å². The Hall–Kier alpha value is -0.610. The predicted octanol–water partition coefficient (Wildman–Crippen LogP) is 3.55. The average Bonchev–Trinajstić information content (AvgIpc) is 2.16. The molecule has 96 valence electrons. The lowest BCUT2D eigenvalue weighted by Gasteiger charge is -2.22. The highest BCUT2D eigenvalue weighted by Crippen LogP contribution is 2.19. The van der Waals surface area contributed by atoms with E-state index in [1.54, 1.807) is 0 Å². The van der Waals surface area contributed by atoms with Crippen molar-refractivity contribution in [3.63, 3.8) is 0 Å². The second-order valence-corrected chi connectivity index (χ2v) is 6.48. The third-order valence-electron chi connectivity index (χ3n) is 2.17. The number of hydrogen-bond acceptors (Lipinski definition) is 3. The van der Waals surface area contributed by atoms with Crippen LogP contribution >= 0.6 is 15.9 Å². The van der Waals surface area contributed by atoms with Crippen molar-refractivity contribution in [2.24, 2.45) is 0 Å². The Labute approximate surface area is 113 Å². The Morgan fingerprint density at radius 2 is 2.00 bits per heavy atom. The molecule has 0 saturated carbocycles. The molecule has 0 aliphatic heterocycles. The Morgan fingerprint density at radius 3 is 2.53 bits per heavy atom. The highest BCUT2D eigenvalue weighted by atomic mass is 79.9. The lowest BCUT2D eigenvalue weighted by Crippen LogP contribution is -2.35. The van der Waals surface area contributed by atoms with E-state index in [1.807, 2.05) is 6.20 Å². The molecular formula is C13H22BrN3. The molecule has 0 aromatic carbocycles. The summed E-state index contributed by atoms with van der Waals surface area (Å²) in [6.07, 6.45) is 1.82. The van der Waals surface area contributed by atoms with Crippen molar-refractivity contribution in [2.75, 3.05) is 5.32 Å². The highest BCUT2D eigenvalue weighted by molar-refractivity contribution is 9.10. The molecule has 0 amide bonds. The molecule has 3 nitrogen and oxygen atoms in total. The molecular weight excluding hydrogens is 278 g/mol. The Bertz CT molecular complexity index is 369. The maximum Gasteiger partial charge on any atom is 0.130 e. The number of anilines is 1. The second-order valence-electron chi connectivity index (χ2n) is 5.56. The van der Waals surface area contributed by atoms with Crippen LogP contribution in [0.2, 0.25) is 0 Å². The quantitative estimate of drug-likeness (QED) is 0.893. The zero-order valence-electron chi connectivity index (χ0n) is 11.3.